The Bertz CT molecular complexity index is 577. The number of ether oxygens (including phenoxy) is 1. The average molecular weight is 344 g/mol. The number of aliphatic hydroxyl groups is 2. The number of aliphatic hydroxyl groups excluding tert-OH is 2. The van der Waals surface area contributed by atoms with E-state index in [0.29, 0.717) is 6.42 Å². The molecule has 2 fully saturated rings. The molecule has 0 radical (unpaired) electrons. The number of carbonyl (C=O) groups excluding carboxylic acids is 2. The van der Waals surface area contributed by atoms with Gasteiger partial charge in [0.05, 0.1) is 12.5 Å². The van der Waals surface area contributed by atoms with Crippen LogP contribution >= 0.6 is 11.6 Å². The number of fused-ring (bicyclic) bond motifs is 1. The van der Waals surface area contributed by atoms with Crippen molar-refractivity contribution in [3.05, 3.63) is 11.1 Å². The van der Waals surface area contributed by atoms with E-state index in [9.17, 15) is 19.8 Å². The zero-order valence-corrected chi connectivity index (χ0v) is 13.9. The Morgan fingerprint density at radius 3 is 2.65 bits per heavy atom. The summed E-state index contributed by atoms with van der Waals surface area (Å²) in [4.78, 5) is 24.7. The molecule has 0 aromatic rings. The number of amides is 1. The highest BCUT2D eigenvalue weighted by atomic mass is 35.5. The van der Waals surface area contributed by atoms with Crippen molar-refractivity contribution >= 4 is 23.5 Å². The van der Waals surface area contributed by atoms with Crippen LogP contribution < -0.4 is 5.32 Å². The summed E-state index contributed by atoms with van der Waals surface area (Å²) >= 11 is 5.76. The molecule has 0 aromatic carbocycles. The highest BCUT2D eigenvalue weighted by Gasteiger charge is 2.81. The Labute approximate surface area is 139 Å². The number of hydrogen-bond acceptors (Lipinski definition) is 5. The van der Waals surface area contributed by atoms with E-state index in [0.717, 1.165) is 30.4 Å². The zero-order valence-electron chi connectivity index (χ0n) is 13.1. The summed E-state index contributed by atoms with van der Waals surface area (Å²) in [6.07, 6.45) is 2.61. The fourth-order valence-electron chi connectivity index (χ4n) is 4.31. The Balaban J connectivity index is 2.04. The van der Waals surface area contributed by atoms with Crippen molar-refractivity contribution < 1.29 is 24.5 Å². The summed E-state index contributed by atoms with van der Waals surface area (Å²) in [5, 5.41) is 23.5. The topological polar surface area (TPSA) is 95.9 Å². The second-order valence-corrected chi connectivity index (χ2v) is 7.06. The largest absolute Gasteiger partial charge is 0.450 e. The molecular weight excluding hydrogens is 322 g/mol. The van der Waals surface area contributed by atoms with Crippen molar-refractivity contribution in [1.29, 1.82) is 0 Å². The quantitative estimate of drug-likeness (QED) is 0.387. The van der Waals surface area contributed by atoms with Crippen LogP contribution in [0, 0.1) is 5.92 Å². The van der Waals surface area contributed by atoms with E-state index in [-0.39, 0.29) is 12.3 Å². The first-order chi connectivity index (χ1) is 10.9. The molecule has 0 unspecified atom stereocenters. The lowest BCUT2D eigenvalue weighted by Gasteiger charge is -2.54. The summed E-state index contributed by atoms with van der Waals surface area (Å²) in [6, 6.07) is 0. The van der Waals surface area contributed by atoms with Crippen molar-refractivity contribution in [3.8, 4) is 0 Å². The molecule has 0 spiro atoms. The van der Waals surface area contributed by atoms with E-state index < -0.39 is 41.6 Å². The van der Waals surface area contributed by atoms with Crippen LogP contribution in [0.2, 0.25) is 0 Å². The van der Waals surface area contributed by atoms with Gasteiger partial charge in [0.25, 0.3) is 0 Å². The molecule has 4 atom stereocenters. The maximum atomic E-state index is 12.4. The van der Waals surface area contributed by atoms with Crippen LogP contribution in [0.4, 0.5) is 0 Å². The van der Waals surface area contributed by atoms with Crippen LogP contribution in [0.1, 0.15) is 39.0 Å². The Hall–Kier alpha value is -1.11. The lowest BCUT2D eigenvalue weighted by Crippen LogP contribution is -2.81. The molecule has 2 aliphatic heterocycles. The number of allylic oxidation sites excluding steroid dienone is 1. The molecular formula is C16H22ClNO5. The van der Waals surface area contributed by atoms with Crippen molar-refractivity contribution in [1.82, 2.24) is 5.32 Å². The summed E-state index contributed by atoms with van der Waals surface area (Å²) in [5.74, 6) is -1.64. The molecule has 2 saturated heterocycles. The Morgan fingerprint density at radius 2 is 2.09 bits per heavy atom. The van der Waals surface area contributed by atoms with Gasteiger partial charge >= 0.3 is 5.97 Å². The zero-order chi connectivity index (χ0) is 16.8. The molecule has 0 saturated carbocycles. The smallest absolute Gasteiger partial charge is 0.340 e. The van der Waals surface area contributed by atoms with Gasteiger partial charge in [-0.3, -0.25) is 4.79 Å². The van der Waals surface area contributed by atoms with Gasteiger partial charge in [-0.25, -0.2) is 4.79 Å². The molecule has 7 heteroatoms. The minimum Gasteiger partial charge on any atom is -0.450 e. The third-order valence-electron chi connectivity index (χ3n) is 5.63. The average Bonchev–Trinajstić information content (AvgIpc) is 2.73. The number of hydrogen-bond donors (Lipinski definition) is 3. The van der Waals surface area contributed by atoms with E-state index in [4.69, 9.17) is 16.3 Å². The first kappa shape index (κ1) is 16.7. The van der Waals surface area contributed by atoms with Crippen LogP contribution in [0.3, 0.4) is 0 Å². The second-order valence-electron chi connectivity index (χ2n) is 6.68. The molecule has 23 heavy (non-hydrogen) atoms. The molecule has 128 valence electrons. The van der Waals surface area contributed by atoms with Crippen LogP contribution in [0.25, 0.3) is 0 Å². The number of halogens is 1. The van der Waals surface area contributed by atoms with Gasteiger partial charge in [-0.2, -0.15) is 0 Å². The summed E-state index contributed by atoms with van der Waals surface area (Å²) in [7, 11) is 0. The molecule has 1 aliphatic carbocycles. The molecule has 2 heterocycles. The van der Waals surface area contributed by atoms with Gasteiger partial charge in [-0.15, -0.1) is 11.6 Å². The van der Waals surface area contributed by atoms with Crippen molar-refractivity contribution in [2.75, 3.05) is 12.5 Å². The number of alkyl halides is 1. The normalized spacial score (nSPS) is 37.8. The number of esters is 1. The first-order valence-corrected chi connectivity index (χ1v) is 8.57. The third-order valence-corrected chi connectivity index (χ3v) is 5.85. The summed E-state index contributed by atoms with van der Waals surface area (Å²) in [6.45, 7) is 1.41. The van der Waals surface area contributed by atoms with Crippen LogP contribution in [0.15, 0.2) is 11.1 Å². The van der Waals surface area contributed by atoms with Gasteiger partial charge < -0.3 is 20.3 Å². The number of rotatable bonds is 5. The van der Waals surface area contributed by atoms with Crippen molar-refractivity contribution in [2.24, 2.45) is 5.92 Å². The molecule has 3 aliphatic rings. The number of carbonyl (C=O) groups is 2. The highest BCUT2D eigenvalue weighted by molar-refractivity contribution is 6.18. The SMILES string of the molecule is CC1=C([C@H](O)[C@@]23NC(=O)[C@H](CCCl)[C@]2(CO)OC3=O)CCCC1. The van der Waals surface area contributed by atoms with Gasteiger partial charge in [-0.05, 0) is 44.6 Å². The van der Waals surface area contributed by atoms with Gasteiger partial charge in [-0.1, -0.05) is 5.57 Å². The van der Waals surface area contributed by atoms with E-state index in [2.05, 4.69) is 5.32 Å². The fourth-order valence-corrected chi connectivity index (χ4v) is 4.53. The predicted octanol–water partition coefficient (Wildman–Crippen LogP) is 0.639. The molecule has 0 bridgehead atoms. The van der Waals surface area contributed by atoms with Gasteiger partial charge in [0.1, 0.15) is 6.10 Å². The minimum atomic E-state index is -1.59. The van der Waals surface area contributed by atoms with E-state index in [1.54, 1.807) is 0 Å². The molecule has 0 aromatic heterocycles. The highest BCUT2D eigenvalue weighted by Crippen LogP contribution is 2.53. The number of nitrogens with one attached hydrogen (secondary N) is 1. The summed E-state index contributed by atoms with van der Waals surface area (Å²) in [5.41, 5.74) is -1.21. The van der Waals surface area contributed by atoms with Gasteiger partial charge in [0.2, 0.25) is 11.4 Å². The van der Waals surface area contributed by atoms with Gasteiger partial charge in [0, 0.05) is 5.88 Å². The standard InChI is InChI=1S/C16H22ClNO5/c1-9-4-2-3-5-10(9)12(20)16-14(22)23-15(16,8-19)11(6-7-17)13(21)18-16/h11-12,19-20H,2-8H2,1H3,(H,18,21)/t11-,12-,15-,16-/m0/s1. The lowest BCUT2D eigenvalue weighted by molar-refractivity contribution is -0.246. The third kappa shape index (κ3) is 2.01. The van der Waals surface area contributed by atoms with Crippen LogP contribution in [-0.4, -0.2) is 51.8 Å². The van der Waals surface area contributed by atoms with E-state index in [1.807, 2.05) is 6.92 Å². The second kappa shape index (κ2) is 5.76. The molecule has 1 amide bonds. The van der Waals surface area contributed by atoms with Crippen molar-refractivity contribution in [3.63, 3.8) is 0 Å². The van der Waals surface area contributed by atoms with Crippen molar-refractivity contribution in [2.45, 2.75) is 56.3 Å². The summed E-state index contributed by atoms with van der Waals surface area (Å²) < 4.78 is 5.27. The first-order valence-electron chi connectivity index (χ1n) is 8.03. The minimum absolute atomic E-state index is 0.200. The van der Waals surface area contributed by atoms with Crippen LogP contribution in [0.5, 0.6) is 0 Å². The van der Waals surface area contributed by atoms with Gasteiger partial charge in [0.15, 0.2) is 5.60 Å². The van der Waals surface area contributed by atoms with E-state index >= 15 is 0 Å². The van der Waals surface area contributed by atoms with E-state index in [1.165, 1.54) is 0 Å². The molecule has 3 N–H and O–H groups in total. The van der Waals surface area contributed by atoms with Crippen LogP contribution in [-0.2, 0) is 14.3 Å². The Kier molecular flexibility index (Phi) is 4.19. The monoisotopic (exact) mass is 343 g/mol. The maximum absolute atomic E-state index is 12.4. The Morgan fingerprint density at radius 1 is 1.39 bits per heavy atom. The maximum Gasteiger partial charge on any atom is 0.340 e. The molecule has 3 rings (SSSR count). The predicted molar refractivity (Wildman–Crippen MR) is 82.8 cm³/mol. The fraction of sp³-hybridized carbons (Fsp3) is 0.750. The molecule has 6 nitrogen and oxygen atoms in total. The lowest BCUT2D eigenvalue weighted by atomic mass is 9.64.